The lowest BCUT2D eigenvalue weighted by Crippen LogP contribution is -2.29. The highest BCUT2D eigenvalue weighted by Crippen LogP contribution is 2.23. The fraction of sp³-hybridized carbons (Fsp3) is 0.308. The highest BCUT2D eigenvalue weighted by molar-refractivity contribution is 9.10. The third-order valence-electron chi connectivity index (χ3n) is 2.62. The SMILES string of the molecule is CC(CO)CNC(=O)c1cc2cc(Br)ccc2o1. The Morgan fingerprint density at radius 2 is 2.28 bits per heavy atom. The van der Waals surface area contributed by atoms with Gasteiger partial charge in [0.05, 0.1) is 0 Å². The van der Waals surface area contributed by atoms with Gasteiger partial charge < -0.3 is 14.8 Å². The summed E-state index contributed by atoms with van der Waals surface area (Å²) in [6.45, 7) is 2.33. The molecule has 18 heavy (non-hydrogen) atoms. The molecule has 1 atom stereocenters. The maximum atomic E-state index is 11.8. The maximum absolute atomic E-state index is 11.8. The van der Waals surface area contributed by atoms with Gasteiger partial charge in [0.15, 0.2) is 5.76 Å². The number of halogens is 1. The Kier molecular flexibility index (Phi) is 4.04. The van der Waals surface area contributed by atoms with E-state index >= 15 is 0 Å². The molecule has 1 aromatic heterocycles. The van der Waals surface area contributed by atoms with Gasteiger partial charge in [0.1, 0.15) is 5.58 Å². The monoisotopic (exact) mass is 311 g/mol. The summed E-state index contributed by atoms with van der Waals surface area (Å²) in [6.07, 6.45) is 0. The van der Waals surface area contributed by atoms with Crippen LogP contribution in [0.5, 0.6) is 0 Å². The molecule has 1 aromatic carbocycles. The van der Waals surface area contributed by atoms with Crippen LogP contribution in [0.15, 0.2) is 33.2 Å². The number of aliphatic hydroxyl groups is 1. The van der Waals surface area contributed by atoms with Gasteiger partial charge in [0.2, 0.25) is 0 Å². The highest BCUT2D eigenvalue weighted by atomic mass is 79.9. The van der Waals surface area contributed by atoms with Crippen LogP contribution in [-0.4, -0.2) is 24.2 Å². The second-order valence-electron chi connectivity index (χ2n) is 4.29. The molecule has 1 unspecified atom stereocenters. The van der Waals surface area contributed by atoms with Crippen LogP contribution >= 0.6 is 15.9 Å². The molecule has 2 rings (SSSR count). The average Bonchev–Trinajstić information content (AvgIpc) is 2.78. The van der Waals surface area contributed by atoms with Crippen molar-refractivity contribution in [3.05, 3.63) is 34.5 Å². The molecule has 0 fully saturated rings. The Balaban J connectivity index is 2.13. The molecule has 0 bridgehead atoms. The van der Waals surface area contributed by atoms with Crippen LogP contribution in [0.2, 0.25) is 0 Å². The normalized spacial score (nSPS) is 12.6. The number of benzene rings is 1. The largest absolute Gasteiger partial charge is 0.451 e. The van der Waals surface area contributed by atoms with Crippen LogP contribution in [0.1, 0.15) is 17.5 Å². The van der Waals surface area contributed by atoms with Crippen molar-refractivity contribution in [2.24, 2.45) is 5.92 Å². The molecular formula is C13H14BrNO3. The minimum atomic E-state index is -0.261. The van der Waals surface area contributed by atoms with Gasteiger partial charge >= 0.3 is 0 Å². The van der Waals surface area contributed by atoms with E-state index in [9.17, 15) is 4.79 Å². The summed E-state index contributed by atoms with van der Waals surface area (Å²) in [7, 11) is 0. The molecule has 0 radical (unpaired) electrons. The number of rotatable bonds is 4. The third-order valence-corrected chi connectivity index (χ3v) is 3.12. The van der Waals surface area contributed by atoms with Crippen molar-refractivity contribution in [3.63, 3.8) is 0 Å². The number of hydrogen-bond acceptors (Lipinski definition) is 3. The van der Waals surface area contributed by atoms with Crippen LogP contribution < -0.4 is 5.32 Å². The zero-order chi connectivity index (χ0) is 13.1. The molecular weight excluding hydrogens is 298 g/mol. The summed E-state index contributed by atoms with van der Waals surface area (Å²) >= 11 is 3.37. The number of carbonyl (C=O) groups is 1. The summed E-state index contributed by atoms with van der Waals surface area (Å²) in [5.41, 5.74) is 0.679. The van der Waals surface area contributed by atoms with E-state index in [0.29, 0.717) is 12.1 Å². The van der Waals surface area contributed by atoms with Gasteiger partial charge in [-0.1, -0.05) is 22.9 Å². The van der Waals surface area contributed by atoms with Crippen molar-refractivity contribution < 1.29 is 14.3 Å². The van der Waals surface area contributed by atoms with Crippen molar-refractivity contribution in [1.29, 1.82) is 0 Å². The first-order valence-electron chi connectivity index (χ1n) is 5.68. The summed E-state index contributed by atoms with van der Waals surface area (Å²) < 4.78 is 6.40. The Bertz CT molecular complexity index is 564. The predicted octanol–water partition coefficient (Wildman–Crippen LogP) is 2.55. The lowest BCUT2D eigenvalue weighted by atomic mass is 10.2. The van der Waals surface area contributed by atoms with Crippen LogP contribution in [0.4, 0.5) is 0 Å². The first-order valence-corrected chi connectivity index (χ1v) is 6.47. The standard InChI is InChI=1S/C13H14BrNO3/c1-8(7-16)6-15-13(17)12-5-9-4-10(14)2-3-11(9)18-12/h2-5,8,16H,6-7H2,1H3,(H,15,17). The van der Waals surface area contributed by atoms with Gasteiger partial charge in [-0.05, 0) is 30.2 Å². The zero-order valence-electron chi connectivity index (χ0n) is 9.94. The van der Waals surface area contributed by atoms with Gasteiger partial charge in [-0.15, -0.1) is 0 Å². The second kappa shape index (κ2) is 5.54. The molecule has 5 heteroatoms. The molecule has 0 aliphatic heterocycles. The van der Waals surface area contributed by atoms with Crippen molar-refractivity contribution >= 4 is 32.8 Å². The number of nitrogens with one attached hydrogen (secondary N) is 1. The maximum Gasteiger partial charge on any atom is 0.287 e. The van der Waals surface area contributed by atoms with Gasteiger partial charge in [0.25, 0.3) is 5.91 Å². The Hall–Kier alpha value is -1.33. The Morgan fingerprint density at radius 3 is 3.00 bits per heavy atom. The van der Waals surface area contributed by atoms with E-state index in [1.807, 2.05) is 25.1 Å². The van der Waals surface area contributed by atoms with E-state index in [-0.39, 0.29) is 24.2 Å². The second-order valence-corrected chi connectivity index (χ2v) is 5.21. The lowest BCUT2D eigenvalue weighted by molar-refractivity contribution is 0.0916. The molecule has 0 aliphatic carbocycles. The van der Waals surface area contributed by atoms with Crippen molar-refractivity contribution in [3.8, 4) is 0 Å². The van der Waals surface area contributed by atoms with Crippen LogP contribution in [0, 0.1) is 5.92 Å². The number of carbonyl (C=O) groups excluding carboxylic acids is 1. The number of amides is 1. The van der Waals surface area contributed by atoms with Gasteiger partial charge in [0, 0.05) is 23.0 Å². The van der Waals surface area contributed by atoms with E-state index in [0.717, 1.165) is 9.86 Å². The minimum absolute atomic E-state index is 0.0347. The van der Waals surface area contributed by atoms with Gasteiger partial charge in [-0.2, -0.15) is 0 Å². The molecule has 0 saturated heterocycles. The Labute approximate surface area is 113 Å². The minimum Gasteiger partial charge on any atom is -0.451 e. The van der Waals surface area contributed by atoms with Gasteiger partial charge in [-0.3, -0.25) is 4.79 Å². The molecule has 0 saturated carbocycles. The summed E-state index contributed by atoms with van der Waals surface area (Å²) in [5.74, 6) is 0.0586. The quantitative estimate of drug-likeness (QED) is 0.912. The predicted molar refractivity (Wildman–Crippen MR) is 72.5 cm³/mol. The van der Waals surface area contributed by atoms with Crippen molar-refractivity contribution in [2.45, 2.75) is 6.92 Å². The number of furan rings is 1. The van der Waals surface area contributed by atoms with Crippen LogP contribution in [0.3, 0.4) is 0 Å². The fourth-order valence-electron chi connectivity index (χ4n) is 1.54. The van der Waals surface area contributed by atoms with Crippen LogP contribution in [0.25, 0.3) is 11.0 Å². The van der Waals surface area contributed by atoms with Crippen LogP contribution in [-0.2, 0) is 0 Å². The Morgan fingerprint density at radius 1 is 1.50 bits per heavy atom. The third kappa shape index (κ3) is 2.91. The summed E-state index contributed by atoms with van der Waals surface area (Å²) in [4.78, 5) is 11.8. The van der Waals surface area contributed by atoms with E-state index in [1.54, 1.807) is 6.07 Å². The molecule has 4 nitrogen and oxygen atoms in total. The van der Waals surface area contributed by atoms with Gasteiger partial charge in [-0.25, -0.2) is 0 Å². The molecule has 2 N–H and O–H groups in total. The number of fused-ring (bicyclic) bond motifs is 1. The summed E-state index contributed by atoms with van der Waals surface area (Å²) in [5, 5.41) is 12.5. The van der Waals surface area contributed by atoms with E-state index in [1.165, 1.54) is 0 Å². The number of aliphatic hydroxyl groups excluding tert-OH is 1. The highest BCUT2D eigenvalue weighted by Gasteiger charge is 2.13. The fourth-order valence-corrected chi connectivity index (χ4v) is 1.92. The molecule has 96 valence electrons. The average molecular weight is 312 g/mol. The first-order chi connectivity index (χ1) is 8.60. The van der Waals surface area contributed by atoms with Crippen molar-refractivity contribution in [2.75, 3.05) is 13.2 Å². The topological polar surface area (TPSA) is 62.5 Å². The van der Waals surface area contributed by atoms with E-state index in [2.05, 4.69) is 21.2 Å². The molecule has 1 heterocycles. The lowest BCUT2D eigenvalue weighted by Gasteiger charge is -2.07. The zero-order valence-corrected chi connectivity index (χ0v) is 11.5. The molecule has 0 aliphatic rings. The molecule has 2 aromatic rings. The number of hydrogen-bond donors (Lipinski definition) is 2. The molecule has 0 spiro atoms. The van der Waals surface area contributed by atoms with E-state index in [4.69, 9.17) is 9.52 Å². The smallest absolute Gasteiger partial charge is 0.287 e. The molecule has 1 amide bonds. The van der Waals surface area contributed by atoms with E-state index < -0.39 is 0 Å². The first kappa shape index (κ1) is 13.1. The van der Waals surface area contributed by atoms with Crippen molar-refractivity contribution in [1.82, 2.24) is 5.32 Å². The summed E-state index contributed by atoms with van der Waals surface area (Å²) in [6, 6.07) is 7.28.